The van der Waals surface area contributed by atoms with Gasteiger partial charge < -0.3 is 11.1 Å². The molecule has 1 atom stereocenters. The van der Waals surface area contributed by atoms with Crippen LogP contribution in [0.3, 0.4) is 0 Å². The van der Waals surface area contributed by atoms with Gasteiger partial charge >= 0.3 is 0 Å². The van der Waals surface area contributed by atoms with Gasteiger partial charge in [-0.05, 0) is 43.2 Å². The first kappa shape index (κ1) is 21.6. The van der Waals surface area contributed by atoms with Crippen molar-refractivity contribution in [2.45, 2.75) is 19.9 Å². The number of nitrogen functional groups attached to an aromatic ring is 1. The number of nitrogens with zero attached hydrogens (tertiary/aromatic N) is 4. The Morgan fingerprint density at radius 1 is 0.938 bits per heavy atom. The predicted octanol–water partition coefficient (Wildman–Crippen LogP) is 5.60. The topological polar surface area (TPSA) is 89.6 Å². The minimum atomic E-state index is -0.843. The zero-order chi connectivity index (χ0) is 22.8. The summed E-state index contributed by atoms with van der Waals surface area (Å²) in [6.07, 6.45) is 3.34. The maximum absolute atomic E-state index is 13.9. The largest absolute Gasteiger partial charge is 0.368 e. The number of aryl methyl sites for hydroxylation is 1. The summed E-state index contributed by atoms with van der Waals surface area (Å²) in [6, 6.07) is 11.7. The lowest BCUT2D eigenvalue weighted by Crippen LogP contribution is -2.09. The Morgan fingerprint density at radius 2 is 1.62 bits per heavy atom. The van der Waals surface area contributed by atoms with Crippen molar-refractivity contribution in [2.24, 2.45) is 0 Å². The third-order valence-electron chi connectivity index (χ3n) is 4.87. The Hall–Kier alpha value is -3.65. The molecule has 0 aliphatic heterocycles. The van der Waals surface area contributed by atoms with E-state index in [2.05, 4.69) is 25.3 Å². The number of rotatable bonds is 5. The van der Waals surface area contributed by atoms with Crippen LogP contribution in [0.15, 0.2) is 54.9 Å². The molecule has 0 fully saturated rings. The molecule has 2 aromatic carbocycles. The number of anilines is 2. The Bertz CT molecular complexity index is 1260. The van der Waals surface area contributed by atoms with E-state index < -0.39 is 16.7 Å². The highest BCUT2D eigenvalue weighted by molar-refractivity contribution is 6.31. The third-order valence-corrected chi connectivity index (χ3v) is 5.23. The van der Waals surface area contributed by atoms with Crippen molar-refractivity contribution in [1.29, 1.82) is 0 Å². The van der Waals surface area contributed by atoms with Crippen LogP contribution in [-0.2, 0) is 0 Å². The molecule has 0 aliphatic carbocycles. The smallest absolute Gasteiger partial charge is 0.219 e. The second kappa shape index (κ2) is 8.84. The summed E-state index contributed by atoms with van der Waals surface area (Å²) < 4.78 is 27.8. The molecule has 2 heterocycles. The highest BCUT2D eigenvalue weighted by Gasteiger charge is 2.14. The van der Waals surface area contributed by atoms with Crippen LogP contribution in [0.5, 0.6) is 0 Å². The van der Waals surface area contributed by atoms with Crippen LogP contribution < -0.4 is 11.1 Å². The first-order valence-corrected chi connectivity index (χ1v) is 10.1. The SMILES string of the molecule is Cc1nc(NC(C)c2cccc(-c3cnc(N)nc3)c2)cc(-c2cc(F)c(Cl)c(F)c2)n1. The first-order chi connectivity index (χ1) is 15.3. The quantitative estimate of drug-likeness (QED) is 0.383. The highest BCUT2D eigenvalue weighted by Crippen LogP contribution is 2.29. The van der Waals surface area contributed by atoms with Gasteiger partial charge in [-0.15, -0.1) is 0 Å². The van der Waals surface area contributed by atoms with Gasteiger partial charge in [-0.2, -0.15) is 0 Å². The maximum atomic E-state index is 13.9. The molecule has 3 N–H and O–H groups in total. The Morgan fingerprint density at radius 3 is 2.31 bits per heavy atom. The fourth-order valence-electron chi connectivity index (χ4n) is 3.27. The molecule has 0 saturated heterocycles. The monoisotopic (exact) mass is 452 g/mol. The summed E-state index contributed by atoms with van der Waals surface area (Å²) in [7, 11) is 0. The maximum Gasteiger partial charge on any atom is 0.219 e. The van der Waals surface area contributed by atoms with Gasteiger partial charge in [0.05, 0.1) is 5.69 Å². The molecule has 0 amide bonds. The number of aromatic nitrogens is 4. The summed E-state index contributed by atoms with van der Waals surface area (Å²) >= 11 is 5.59. The average Bonchev–Trinajstić information content (AvgIpc) is 2.77. The predicted molar refractivity (Wildman–Crippen MR) is 121 cm³/mol. The fourth-order valence-corrected chi connectivity index (χ4v) is 3.38. The normalized spacial score (nSPS) is 11.9. The van der Waals surface area contributed by atoms with E-state index >= 15 is 0 Å². The van der Waals surface area contributed by atoms with E-state index in [0.29, 0.717) is 17.3 Å². The van der Waals surface area contributed by atoms with Crippen molar-refractivity contribution in [3.05, 3.63) is 82.9 Å². The van der Waals surface area contributed by atoms with Crippen LogP contribution in [0.4, 0.5) is 20.5 Å². The first-order valence-electron chi connectivity index (χ1n) is 9.75. The van der Waals surface area contributed by atoms with Crippen LogP contribution in [0.25, 0.3) is 22.4 Å². The van der Waals surface area contributed by atoms with Gasteiger partial charge in [-0.1, -0.05) is 29.8 Å². The number of hydrogen-bond donors (Lipinski definition) is 2. The summed E-state index contributed by atoms with van der Waals surface area (Å²) in [4.78, 5) is 16.8. The summed E-state index contributed by atoms with van der Waals surface area (Å²) in [5.41, 5.74) is 9.02. The van der Waals surface area contributed by atoms with E-state index in [1.165, 1.54) is 0 Å². The summed E-state index contributed by atoms with van der Waals surface area (Å²) in [5, 5.41) is 2.78. The molecule has 4 rings (SSSR count). The lowest BCUT2D eigenvalue weighted by atomic mass is 10.0. The molecule has 0 aliphatic rings. The molecule has 0 bridgehead atoms. The van der Waals surface area contributed by atoms with E-state index in [0.717, 1.165) is 28.8 Å². The van der Waals surface area contributed by atoms with E-state index in [9.17, 15) is 8.78 Å². The molecule has 0 saturated carbocycles. The third kappa shape index (κ3) is 4.65. The second-order valence-electron chi connectivity index (χ2n) is 7.26. The van der Waals surface area contributed by atoms with Gasteiger partial charge in [0.15, 0.2) is 0 Å². The van der Waals surface area contributed by atoms with E-state index in [-0.39, 0.29) is 17.6 Å². The van der Waals surface area contributed by atoms with E-state index in [1.54, 1.807) is 25.4 Å². The molecule has 0 radical (unpaired) electrons. The van der Waals surface area contributed by atoms with Crippen molar-refractivity contribution >= 4 is 23.4 Å². The molecular weight excluding hydrogens is 434 g/mol. The Kier molecular flexibility index (Phi) is 5.96. The van der Waals surface area contributed by atoms with Gasteiger partial charge in [-0.3, -0.25) is 0 Å². The number of benzene rings is 2. The van der Waals surface area contributed by atoms with Crippen LogP contribution in [-0.4, -0.2) is 19.9 Å². The average molecular weight is 453 g/mol. The lowest BCUT2D eigenvalue weighted by Gasteiger charge is -2.17. The second-order valence-corrected chi connectivity index (χ2v) is 7.64. The van der Waals surface area contributed by atoms with Crippen LogP contribution in [0, 0.1) is 18.6 Å². The Labute approximate surface area is 188 Å². The fraction of sp³-hybridized carbons (Fsp3) is 0.130. The number of hydrogen-bond acceptors (Lipinski definition) is 6. The summed E-state index contributed by atoms with van der Waals surface area (Å²) in [5.74, 6) is -0.485. The van der Waals surface area contributed by atoms with Crippen molar-refractivity contribution in [1.82, 2.24) is 19.9 Å². The van der Waals surface area contributed by atoms with E-state index in [1.807, 2.05) is 31.2 Å². The van der Waals surface area contributed by atoms with Crippen molar-refractivity contribution in [3.8, 4) is 22.4 Å². The van der Waals surface area contributed by atoms with Crippen LogP contribution in [0.1, 0.15) is 24.4 Å². The molecule has 0 spiro atoms. The van der Waals surface area contributed by atoms with Gasteiger partial charge in [0, 0.05) is 35.6 Å². The minimum Gasteiger partial charge on any atom is -0.368 e. The lowest BCUT2D eigenvalue weighted by molar-refractivity contribution is 0.585. The van der Waals surface area contributed by atoms with Gasteiger partial charge in [0.1, 0.15) is 28.3 Å². The van der Waals surface area contributed by atoms with Crippen LogP contribution in [0.2, 0.25) is 5.02 Å². The molecular formula is C23H19ClF2N6. The molecule has 4 aromatic rings. The molecule has 2 aromatic heterocycles. The zero-order valence-electron chi connectivity index (χ0n) is 17.3. The molecule has 6 nitrogen and oxygen atoms in total. The van der Waals surface area contributed by atoms with Crippen molar-refractivity contribution in [2.75, 3.05) is 11.1 Å². The minimum absolute atomic E-state index is 0.120. The molecule has 162 valence electrons. The summed E-state index contributed by atoms with van der Waals surface area (Å²) in [6.45, 7) is 3.70. The molecule has 32 heavy (non-hydrogen) atoms. The van der Waals surface area contributed by atoms with Gasteiger partial charge in [0.2, 0.25) is 5.95 Å². The van der Waals surface area contributed by atoms with Crippen molar-refractivity contribution in [3.63, 3.8) is 0 Å². The van der Waals surface area contributed by atoms with E-state index in [4.69, 9.17) is 17.3 Å². The number of nitrogens with one attached hydrogen (secondary N) is 1. The zero-order valence-corrected chi connectivity index (χ0v) is 18.0. The molecule has 9 heteroatoms. The standard InChI is InChI=1S/C23H19ClF2N6/c1-12(14-4-3-5-15(6-14)17-10-28-23(27)29-11-17)30-21-9-20(31-13(2)32-21)16-7-18(25)22(24)19(26)8-16/h3-12H,1-2H3,(H2,27,28,29)(H,30,31,32). The number of halogens is 3. The number of nitrogens with two attached hydrogens (primary N) is 1. The van der Waals surface area contributed by atoms with Gasteiger partial charge in [-0.25, -0.2) is 28.7 Å². The van der Waals surface area contributed by atoms with Gasteiger partial charge in [0.25, 0.3) is 0 Å². The molecule has 1 unspecified atom stereocenters. The Balaban J connectivity index is 1.61. The highest BCUT2D eigenvalue weighted by atomic mass is 35.5. The van der Waals surface area contributed by atoms with Crippen molar-refractivity contribution < 1.29 is 8.78 Å². The van der Waals surface area contributed by atoms with Crippen LogP contribution >= 0.6 is 11.6 Å².